The van der Waals surface area contributed by atoms with E-state index in [0.717, 1.165) is 5.56 Å². The molecule has 0 radical (unpaired) electrons. The molecule has 1 heterocycles. The highest BCUT2D eigenvalue weighted by Gasteiger charge is 2.34. The number of aryl methyl sites for hydroxylation is 1. The zero-order chi connectivity index (χ0) is 14.8. The fourth-order valence-electron chi connectivity index (χ4n) is 1.96. The molecule has 2 aromatic rings. The second-order valence-electron chi connectivity index (χ2n) is 4.47. The van der Waals surface area contributed by atoms with Gasteiger partial charge in [-0.2, -0.15) is 0 Å². The van der Waals surface area contributed by atoms with E-state index in [4.69, 9.17) is 5.73 Å². The molecule has 0 fully saturated rings. The molecule has 1 aromatic carbocycles. The van der Waals surface area contributed by atoms with Crippen LogP contribution in [-0.4, -0.2) is 29.1 Å². The van der Waals surface area contributed by atoms with Crippen LogP contribution < -0.4 is 5.73 Å². The van der Waals surface area contributed by atoms with Crippen LogP contribution in [0.3, 0.4) is 0 Å². The van der Waals surface area contributed by atoms with Crippen LogP contribution in [0.2, 0.25) is 0 Å². The van der Waals surface area contributed by atoms with Crippen molar-refractivity contribution in [3.63, 3.8) is 0 Å². The quantitative estimate of drug-likeness (QED) is 0.857. The van der Waals surface area contributed by atoms with E-state index in [9.17, 15) is 13.2 Å². The van der Waals surface area contributed by atoms with Gasteiger partial charge in [-0.15, -0.1) is 0 Å². The van der Waals surface area contributed by atoms with Crippen molar-refractivity contribution in [3.8, 4) is 0 Å². The summed E-state index contributed by atoms with van der Waals surface area (Å²) in [5, 5.41) is -1.32. The van der Waals surface area contributed by atoms with E-state index in [2.05, 4.69) is 4.98 Å². The van der Waals surface area contributed by atoms with Crippen LogP contribution in [-0.2, 0) is 28.1 Å². The molecule has 0 bridgehead atoms. The summed E-state index contributed by atoms with van der Waals surface area (Å²) in [7, 11) is -2.30. The molecule has 0 aliphatic carbocycles. The van der Waals surface area contributed by atoms with Gasteiger partial charge in [-0.25, -0.2) is 13.4 Å². The lowest BCUT2D eigenvalue weighted by Crippen LogP contribution is -2.38. The molecule has 0 aliphatic heterocycles. The lowest BCUT2D eigenvalue weighted by Gasteiger charge is -2.14. The van der Waals surface area contributed by atoms with Crippen LogP contribution in [0.4, 0.5) is 0 Å². The summed E-state index contributed by atoms with van der Waals surface area (Å²) in [6, 6.07) is 8.90. The average Bonchev–Trinajstić information content (AvgIpc) is 2.83. The van der Waals surface area contributed by atoms with Crippen molar-refractivity contribution >= 4 is 15.7 Å². The standard InChI is InChI=1S/C13H15N3O3S/c1-16-9-15-8-12(16)20(18,19)11(13(14)17)7-10-5-3-2-4-6-10/h2-6,8-9,11H,7H2,1H3,(H2,14,17)/t11-/m0/s1. The number of amides is 1. The van der Waals surface area contributed by atoms with E-state index in [1.165, 1.54) is 17.1 Å². The second kappa shape index (κ2) is 5.46. The zero-order valence-corrected chi connectivity index (χ0v) is 11.7. The molecule has 1 aromatic heterocycles. The molecule has 6 nitrogen and oxygen atoms in total. The highest BCUT2D eigenvalue weighted by Crippen LogP contribution is 2.18. The maximum absolute atomic E-state index is 12.5. The van der Waals surface area contributed by atoms with Crippen LogP contribution in [0.15, 0.2) is 47.9 Å². The van der Waals surface area contributed by atoms with E-state index >= 15 is 0 Å². The van der Waals surface area contributed by atoms with Gasteiger partial charge in [-0.1, -0.05) is 30.3 Å². The summed E-state index contributed by atoms with van der Waals surface area (Å²) in [4.78, 5) is 15.3. The summed E-state index contributed by atoms with van der Waals surface area (Å²) in [6.07, 6.45) is 2.63. The first-order chi connectivity index (χ1) is 9.43. The molecule has 2 rings (SSSR count). The van der Waals surface area contributed by atoms with Gasteiger partial charge in [0.2, 0.25) is 15.7 Å². The van der Waals surface area contributed by atoms with Gasteiger partial charge in [-0.05, 0) is 12.0 Å². The Balaban J connectivity index is 2.39. The fraction of sp³-hybridized carbons (Fsp3) is 0.231. The summed E-state index contributed by atoms with van der Waals surface area (Å²) in [5.41, 5.74) is 6.02. The number of rotatable bonds is 5. The number of nitrogens with zero attached hydrogens (tertiary/aromatic N) is 2. The van der Waals surface area contributed by atoms with Crippen molar-refractivity contribution in [2.45, 2.75) is 16.7 Å². The normalized spacial score (nSPS) is 13.1. The number of aromatic nitrogens is 2. The molecule has 106 valence electrons. The third-order valence-electron chi connectivity index (χ3n) is 3.02. The lowest BCUT2D eigenvalue weighted by atomic mass is 10.1. The summed E-state index contributed by atoms with van der Waals surface area (Å²) in [5.74, 6) is -0.866. The van der Waals surface area contributed by atoms with E-state index in [1.54, 1.807) is 31.3 Å². The first-order valence-corrected chi connectivity index (χ1v) is 7.51. The van der Waals surface area contributed by atoms with E-state index in [1.807, 2.05) is 6.07 Å². The number of hydrogen-bond acceptors (Lipinski definition) is 4. The molecule has 0 aliphatic rings. The van der Waals surface area contributed by atoms with Crippen molar-refractivity contribution in [2.24, 2.45) is 12.8 Å². The number of benzene rings is 1. The number of primary amides is 1. The van der Waals surface area contributed by atoms with E-state index in [0.29, 0.717) is 0 Å². The summed E-state index contributed by atoms with van der Waals surface area (Å²) < 4.78 is 26.4. The largest absolute Gasteiger partial charge is 0.369 e. The maximum atomic E-state index is 12.5. The van der Waals surface area contributed by atoms with Gasteiger partial charge >= 0.3 is 0 Å². The molecule has 2 N–H and O–H groups in total. The molecule has 20 heavy (non-hydrogen) atoms. The Morgan fingerprint density at radius 3 is 2.50 bits per heavy atom. The van der Waals surface area contributed by atoms with Crippen LogP contribution in [0.1, 0.15) is 5.56 Å². The van der Waals surface area contributed by atoms with Gasteiger partial charge in [0.05, 0.1) is 12.5 Å². The number of nitrogens with two attached hydrogens (primary N) is 1. The number of carbonyl (C=O) groups is 1. The smallest absolute Gasteiger partial charge is 0.236 e. The number of imidazole rings is 1. The monoisotopic (exact) mass is 293 g/mol. The predicted molar refractivity (Wildman–Crippen MR) is 73.5 cm³/mol. The molecule has 7 heteroatoms. The third-order valence-corrected chi connectivity index (χ3v) is 5.14. The van der Waals surface area contributed by atoms with Gasteiger partial charge in [0, 0.05) is 7.05 Å². The molecular weight excluding hydrogens is 278 g/mol. The van der Waals surface area contributed by atoms with Crippen molar-refractivity contribution in [3.05, 3.63) is 48.4 Å². The van der Waals surface area contributed by atoms with Crippen molar-refractivity contribution in [1.29, 1.82) is 0 Å². The van der Waals surface area contributed by atoms with Crippen LogP contribution in [0, 0.1) is 0 Å². The summed E-state index contributed by atoms with van der Waals surface area (Å²) >= 11 is 0. The summed E-state index contributed by atoms with van der Waals surface area (Å²) in [6.45, 7) is 0. The second-order valence-corrected chi connectivity index (χ2v) is 6.55. The molecule has 0 unspecified atom stereocenters. The van der Waals surface area contributed by atoms with Crippen molar-refractivity contribution in [1.82, 2.24) is 9.55 Å². The first kappa shape index (κ1) is 14.3. The maximum Gasteiger partial charge on any atom is 0.236 e. The SMILES string of the molecule is Cn1cncc1S(=O)(=O)[C@@H](Cc1ccccc1)C(N)=O. The Morgan fingerprint density at radius 2 is 2.00 bits per heavy atom. The number of sulfone groups is 1. The molecule has 1 atom stereocenters. The first-order valence-electron chi connectivity index (χ1n) is 5.96. The van der Waals surface area contributed by atoms with E-state index < -0.39 is 21.0 Å². The lowest BCUT2D eigenvalue weighted by molar-refractivity contribution is -0.117. The molecule has 0 saturated carbocycles. The van der Waals surface area contributed by atoms with Gasteiger partial charge in [0.25, 0.3) is 0 Å². The third kappa shape index (κ3) is 2.72. The number of carbonyl (C=O) groups excluding carboxylic acids is 1. The van der Waals surface area contributed by atoms with Gasteiger partial charge in [0.1, 0.15) is 5.25 Å². The Bertz CT molecular complexity index is 707. The Kier molecular flexibility index (Phi) is 3.89. The molecule has 0 spiro atoms. The van der Waals surface area contributed by atoms with Gasteiger partial charge in [0.15, 0.2) is 5.03 Å². The highest BCUT2D eigenvalue weighted by atomic mass is 32.2. The van der Waals surface area contributed by atoms with Gasteiger partial charge < -0.3 is 10.3 Å². The van der Waals surface area contributed by atoms with Crippen LogP contribution in [0.5, 0.6) is 0 Å². The minimum Gasteiger partial charge on any atom is -0.369 e. The van der Waals surface area contributed by atoms with Crippen molar-refractivity contribution in [2.75, 3.05) is 0 Å². The minimum atomic E-state index is -3.86. The molecule has 1 amide bonds. The van der Waals surface area contributed by atoms with Crippen LogP contribution >= 0.6 is 0 Å². The number of hydrogen-bond donors (Lipinski definition) is 1. The van der Waals surface area contributed by atoms with Crippen molar-refractivity contribution < 1.29 is 13.2 Å². The average molecular weight is 293 g/mol. The Morgan fingerprint density at radius 1 is 1.35 bits per heavy atom. The minimum absolute atomic E-state index is 0.0165. The van der Waals surface area contributed by atoms with E-state index in [-0.39, 0.29) is 11.4 Å². The molecule has 0 saturated heterocycles. The zero-order valence-electron chi connectivity index (χ0n) is 10.9. The van der Waals surface area contributed by atoms with Gasteiger partial charge in [-0.3, -0.25) is 4.79 Å². The Labute approximate surface area is 117 Å². The topological polar surface area (TPSA) is 95.1 Å². The highest BCUT2D eigenvalue weighted by molar-refractivity contribution is 7.92. The molecular formula is C13H15N3O3S. The Hall–Kier alpha value is -2.15. The van der Waals surface area contributed by atoms with Crippen LogP contribution in [0.25, 0.3) is 0 Å². The fourth-order valence-corrected chi connectivity index (χ4v) is 3.62. The predicted octanol–water partition coefficient (Wildman–Crippen LogP) is 0.290.